The maximum absolute atomic E-state index is 11.3. The van der Waals surface area contributed by atoms with Gasteiger partial charge in [0, 0.05) is 18.4 Å². The van der Waals surface area contributed by atoms with Gasteiger partial charge in [0.1, 0.15) is 0 Å². The second-order valence-corrected chi connectivity index (χ2v) is 4.91. The Balaban J connectivity index is 2.19. The molecule has 4 nitrogen and oxygen atoms in total. The van der Waals surface area contributed by atoms with Crippen molar-refractivity contribution >= 4 is 11.9 Å². The van der Waals surface area contributed by atoms with Crippen LogP contribution in [0.4, 0.5) is 0 Å². The molecule has 1 unspecified atom stereocenters. The summed E-state index contributed by atoms with van der Waals surface area (Å²) in [5.41, 5.74) is 1.63. The van der Waals surface area contributed by atoms with Gasteiger partial charge in [0.05, 0.1) is 12.7 Å². The molecule has 0 spiro atoms. The standard InChI is InChI=1S/C14H17NO3/c1-14(8-7-12(16)15-9-14)11-5-3-10(4-6-11)13(17)18-2/h3-6H,7-9H2,1-2H3,(H,15,16). The highest BCUT2D eigenvalue weighted by molar-refractivity contribution is 5.89. The van der Waals surface area contributed by atoms with E-state index in [0.29, 0.717) is 18.5 Å². The Morgan fingerprint density at radius 2 is 2.00 bits per heavy atom. The highest BCUT2D eigenvalue weighted by atomic mass is 16.5. The third-order valence-electron chi connectivity index (χ3n) is 3.58. The second kappa shape index (κ2) is 4.80. The van der Waals surface area contributed by atoms with Crippen LogP contribution in [0.3, 0.4) is 0 Å². The lowest BCUT2D eigenvalue weighted by Gasteiger charge is -2.34. The zero-order valence-electron chi connectivity index (χ0n) is 10.7. The third-order valence-corrected chi connectivity index (χ3v) is 3.58. The number of hydrogen-bond donors (Lipinski definition) is 1. The van der Waals surface area contributed by atoms with Gasteiger partial charge in [0.15, 0.2) is 0 Å². The lowest BCUT2D eigenvalue weighted by molar-refractivity contribution is -0.123. The van der Waals surface area contributed by atoms with Crippen LogP contribution in [0.2, 0.25) is 0 Å². The number of amides is 1. The first-order valence-corrected chi connectivity index (χ1v) is 6.01. The van der Waals surface area contributed by atoms with E-state index in [1.54, 1.807) is 12.1 Å². The number of carbonyl (C=O) groups excluding carboxylic acids is 2. The quantitative estimate of drug-likeness (QED) is 0.808. The van der Waals surface area contributed by atoms with Crippen molar-refractivity contribution in [3.8, 4) is 0 Å². The fourth-order valence-corrected chi connectivity index (χ4v) is 2.23. The molecule has 1 saturated heterocycles. The molecule has 1 atom stereocenters. The van der Waals surface area contributed by atoms with Gasteiger partial charge in [-0.2, -0.15) is 0 Å². The Labute approximate surface area is 106 Å². The summed E-state index contributed by atoms with van der Waals surface area (Å²) in [5.74, 6) is -0.220. The Bertz CT molecular complexity index is 454. The highest BCUT2D eigenvalue weighted by Crippen LogP contribution is 2.31. The van der Waals surface area contributed by atoms with Crippen LogP contribution in [0.5, 0.6) is 0 Å². The molecule has 0 radical (unpaired) electrons. The van der Waals surface area contributed by atoms with Crippen LogP contribution < -0.4 is 5.32 Å². The molecule has 0 saturated carbocycles. The predicted octanol–water partition coefficient (Wildman–Crippen LogP) is 1.64. The van der Waals surface area contributed by atoms with Crippen molar-refractivity contribution in [2.75, 3.05) is 13.7 Å². The van der Waals surface area contributed by atoms with E-state index in [1.807, 2.05) is 12.1 Å². The topological polar surface area (TPSA) is 55.4 Å². The van der Waals surface area contributed by atoms with Gasteiger partial charge in [0.25, 0.3) is 0 Å². The van der Waals surface area contributed by atoms with E-state index in [-0.39, 0.29) is 17.3 Å². The number of benzene rings is 1. The molecule has 1 aliphatic heterocycles. The molecule has 1 amide bonds. The van der Waals surface area contributed by atoms with E-state index in [2.05, 4.69) is 17.0 Å². The average molecular weight is 247 g/mol. The normalized spacial score (nSPS) is 23.3. The zero-order chi connectivity index (χ0) is 13.2. The highest BCUT2D eigenvalue weighted by Gasteiger charge is 2.31. The van der Waals surface area contributed by atoms with Crippen molar-refractivity contribution in [3.05, 3.63) is 35.4 Å². The number of nitrogens with one attached hydrogen (secondary N) is 1. The summed E-state index contributed by atoms with van der Waals surface area (Å²) in [4.78, 5) is 22.5. The number of carbonyl (C=O) groups is 2. The number of rotatable bonds is 2. The SMILES string of the molecule is COC(=O)c1ccc(C2(C)CCC(=O)NC2)cc1. The average Bonchev–Trinajstić information content (AvgIpc) is 2.41. The van der Waals surface area contributed by atoms with Gasteiger partial charge in [-0.15, -0.1) is 0 Å². The minimum absolute atomic E-state index is 0.0530. The van der Waals surface area contributed by atoms with Crippen molar-refractivity contribution in [2.45, 2.75) is 25.2 Å². The minimum atomic E-state index is -0.330. The molecular weight excluding hydrogens is 230 g/mol. The maximum atomic E-state index is 11.3. The van der Waals surface area contributed by atoms with Crippen LogP contribution in [0.25, 0.3) is 0 Å². The Morgan fingerprint density at radius 1 is 1.33 bits per heavy atom. The largest absolute Gasteiger partial charge is 0.465 e. The number of methoxy groups -OCH3 is 1. The van der Waals surface area contributed by atoms with Crippen molar-refractivity contribution in [1.82, 2.24) is 5.32 Å². The van der Waals surface area contributed by atoms with Gasteiger partial charge >= 0.3 is 5.97 Å². The van der Waals surface area contributed by atoms with E-state index >= 15 is 0 Å². The lowest BCUT2D eigenvalue weighted by Crippen LogP contribution is -2.44. The van der Waals surface area contributed by atoms with Crippen molar-refractivity contribution in [2.24, 2.45) is 0 Å². The molecule has 2 rings (SSSR count). The Morgan fingerprint density at radius 3 is 2.50 bits per heavy atom. The van der Waals surface area contributed by atoms with E-state index in [1.165, 1.54) is 7.11 Å². The molecule has 18 heavy (non-hydrogen) atoms. The smallest absolute Gasteiger partial charge is 0.337 e. The lowest BCUT2D eigenvalue weighted by atomic mass is 9.76. The van der Waals surface area contributed by atoms with Crippen molar-refractivity contribution < 1.29 is 14.3 Å². The molecule has 1 aromatic rings. The van der Waals surface area contributed by atoms with Gasteiger partial charge in [-0.1, -0.05) is 19.1 Å². The molecule has 1 N–H and O–H groups in total. The molecule has 1 aliphatic rings. The number of ether oxygens (including phenoxy) is 1. The molecule has 96 valence electrons. The monoisotopic (exact) mass is 247 g/mol. The number of piperidine rings is 1. The third kappa shape index (κ3) is 2.37. The zero-order valence-corrected chi connectivity index (χ0v) is 10.7. The summed E-state index contributed by atoms with van der Waals surface area (Å²) in [7, 11) is 1.37. The Hall–Kier alpha value is -1.84. The van der Waals surface area contributed by atoms with E-state index in [4.69, 9.17) is 0 Å². The minimum Gasteiger partial charge on any atom is -0.465 e. The van der Waals surface area contributed by atoms with Crippen molar-refractivity contribution in [3.63, 3.8) is 0 Å². The fourth-order valence-electron chi connectivity index (χ4n) is 2.23. The summed E-state index contributed by atoms with van der Waals surface area (Å²) in [6.45, 7) is 2.77. The summed E-state index contributed by atoms with van der Waals surface area (Å²) in [5, 5.41) is 2.89. The van der Waals surface area contributed by atoms with E-state index in [9.17, 15) is 9.59 Å². The maximum Gasteiger partial charge on any atom is 0.337 e. The molecular formula is C14H17NO3. The van der Waals surface area contributed by atoms with Crippen LogP contribution in [-0.4, -0.2) is 25.5 Å². The Kier molecular flexibility index (Phi) is 3.36. The van der Waals surface area contributed by atoms with Gasteiger partial charge in [-0.05, 0) is 24.1 Å². The molecule has 0 aliphatic carbocycles. The molecule has 1 aromatic carbocycles. The van der Waals surface area contributed by atoms with Crippen LogP contribution in [0, 0.1) is 0 Å². The summed E-state index contributed by atoms with van der Waals surface area (Å²) >= 11 is 0. The second-order valence-electron chi connectivity index (χ2n) is 4.91. The summed E-state index contributed by atoms with van der Waals surface area (Å²) in [6, 6.07) is 7.40. The van der Waals surface area contributed by atoms with E-state index < -0.39 is 0 Å². The first-order chi connectivity index (χ1) is 8.55. The van der Waals surface area contributed by atoms with Crippen LogP contribution in [0.15, 0.2) is 24.3 Å². The fraction of sp³-hybridized carbons (Fsp3) is 0.429. The van der Waals surface area contributed by atoms with E-state index in [0.717, 1.165) is 12.0 Å². The molecule has 1 heterocycles. The predicted molar refractivity (Wildman–Crippen MR) is 67.4 cm³/mol. The van der Waals surface area contributed by atoms with Crippen LogP contribution in [0.1, 0.15) is 35.7 Å². The first-order valence-electron chi connectivity index (χ1n) is 6.01. The molecule has 0 bridgehead atoms. The molecule has 1 fully saturated rings. The van der Waals surface area contributed by atoms with Crippen LogP contribution >= 0.6 is 0 Å². The number of esters is 1. The summed E-state index contributed by atoms with van der Waals surface area (Å²) in [6.07, 6.45) is 1.38. The van der Waals surface area contributed by atoms with Gasteiger partial charge in [-0.25, -0.2) is 4.79 Å². The molecule has 0 aromatic heterocycles. The van der Waals surface area contributed by atoms with Crippen molar-refractivity contribution in [1.29, 1.82) is 0 Å². The number of hydrogen-bond acceptors (Lipinski definition) is 3. The van der Waals surface area contributed by atoms with Gasteiger partial charge < -0.3 is 10.1 Å². The van der Waals surface area contributed by atoms with Crippen LogP contribution in [-0.2, 0) is 14.9 Å². The van der Waals surface area contributed by atoms with Gasteiger partial charge in [-0.3, -0.25) is 4.79 Å². The van der Waals surface area contributed by atoms with Gasteiger partial charge in [0.2, 0.25) is 5.91 Å². The summed E-state index contributed by atoms with van der Waals surface area (Å²) < 4.78 is 4.66. The molecule has 4 heteroatoms. The first kappa shape index (κ1) is 12.6.